The summed E-state index contributed by atoms with van der Waals surface area (Å²) in [6.45, 7) is 3.92. The average molecular weight is 464 g/mol. The largest absolute Gasteiger partial charge is 0.372 e. The van der Waals surface area contributed by atoms with Crippen LogP contribution in [0.25, 0.3) is 6.08 Å². The van der Waals surface area contributed by atoms with Crippen LogP contribution in [0.2, 0.25) is 10.0 Å². The molecule has 0 saturated carbocycles. The van der Waals surface area contributed by atoms with E-state index in [4.69, 9.17) is 23.2 Å². The number of aliphatic hydroxyl groups is 1. The lowest BCUT2D eigenvalue weighted by Crippen LogP contribution is -2.46. The molecule has 0 spiro atoms. The molecule has 1 atom stereocenters. The maximum Gasteiger partial charge on any atom is 0.266 e. The molecule has 158 valence electrons. The molecule has 2 aliphatic rings. The van der Waals surface area contributed by atoms with Gasteiger partial charge in [-0.1, -0.05) is 41.4 Å². The number of para-hydroxylation sites is 1. The highest BCUT2D eigenvalue weighted by molar-refractivity contribution is 8.04. The molecule has 5 nitrogen and oxygen atoms in total. The van der Waals surface area contributed by atoms with Crippen molar-refractivity contribution in [3.05, 3.63) is 63.0 Å². The van der Waals surface area contributed by atoms with Gasteiger partial charge in [-0.2, -0.15) is 0 Å². The van der Waals surface area contributed by atoms with Gasteiger partial charge in [-0.3, -0.25) is 9.69 Å². The van der Waals surface area contributed by atoms with Gasteiger partial charge in [0.15, 0.2) is 0 Å². The smallest absolute Gasteiger partial charge is 0.266 e. The number of piperazine rings is 1. The van der Waals surface area contributed by atoms with Gasteiger partial charge in [0.25, 0.3) is 5.91 Å². The van der Waals surface area contributed by atoms with E-state index in [0.29, 0.717) is 26.4 Å². The number of anilines is 2. The summed E-state index contributed by atoms with van der Waals surface area (Å²) in [5.41, 5.74) is 2.66. The highest BCUT2D eigenvalue weighted by Crippen LogP contribution is 2.36. The number of hydrogen-bond acceptors (Lipinski definition) is 5. The van der Waals surface area contributed by atoms with Gasteiger partial charge in [-0.15, -0.1) is 11.8 Å². The molecule has 2 fully saturated rings. The van der Waals surface area contributed by atoms with Crippen molar-refractivity contribution in [2.45, 2.75) is 6.23 Å². The van der Waals surface area contributed by atoms with Crippen LogP contribution in [0.4, 0.5) is 11.4 Å². The number of rotatable bonds is 3. The first-order valence-electron chi connectivity index (χ1n) is 9.78. The molecule has 0 radical (unpaired) electrons. The Hall–Kier alpha value is -1.70. The number of likely N-dealkylation sites (N-methyl/N-ethyl adjacent to an activating group) is 1. The molecule has 4 rings (SSSR count). The van der Waals surface area contributed by atoms with Crippen molar-refractivity contribution < 1.29 is 9.90 Å². The van der Waals surface area contributed by atoms with Crippen LogP contribution in [0.3, 0.4) is 0 Å². The molecular formula is C22H23Cl2N3O2S. The number of thioether (sulfide) groups is 1. The first-order valence-corrected chi connectivity index (χ1v) is 11.5. The predicted molar refractivity (Wildman–Crippen MR) is 127 cm³/mol. The molecule has 2 saturated heterocycles. The number of halogens is 2. The Labute approximate surface area is 190 Å². The van der Waals surface area contributed by atoms with Gasteiger partial charge in [0.1, 0.15) is 6.23 Å². The van der Waals surface area contributed by atoms with Crippen molar-refractivity contribution in [1.29, 1.82) is 0 Å². The van der Waals surface area contributed by atoms with Gasteiger partial charge < -0.3 is 14.9 Å². The number of nitrogens with zero attached hydrogens (tertiary/aromatic N) is 3. The van der Waals surface area contributed by atoms with E-state index in [-0.39, 0.29) is 5.91 Å². The van der Waals surface area contributed by atoms with Crippen molar-refractivity contribution >= 4 is 58.3 Å². The quantitative estimate of drug-likeness (QED) is 0.691. The van der Waals surface area contributed by atoms with Gasteiger partial charge in [0, 0.05) is 43.3 Å². The monoisotopic (exact) mass is 463 g/mol. The molecule has 1 N–H and O–H groups in total. The van der Waals surface area contributed by atoms with Crippen LogP contribution < -0.4 is 9.80 Å². The molecular weight excluding hydrogens is 441 g/mol. The van der Waals surface area contributed by atoms with Crippen molar-refractivity contribution in [3.8, 4) is 0 Å². The number of benzene rings is 2. The molecule has 2 aromatic rings. The fourth-order valence-corrected chi connectivity index (χ4v) is 4.87. The van der Waals surface area contributed by atoms with Crippen LogP contribution in [0.15, 0.2) is 47.4 Å². The third kappa shape index (κ3) is 4.48. The summed E-state index contributed by atoms with van der Waals surface area (Å²) in [7, 11) is 2.13. The molecule has 0 bridgehead atoms. The minimum Gasteiger partial charge on any atom is -0.372 e. The Morgan fingerprint density at radius 2 is 1.80 bits per heavy atom. The lowest BCUT2D eigenvalue weighted by molar-refractivity contribution is -0.116. The highest BCUT2D eigenvalue weighted by Gasteiger charge is 2.32. The van der Waals surface area contributed by atoms with Gasteiger partial charge in [-0.25, -0.2) is 0 Å². The summed E-state index contributed by atoms with van der Waals surface area (Å²) in [4.78, 5) is 19.9. The Morgan fingerprint density at radius 1 is 1.07 bits per heavy atom. The third-order valence-corrected chi connectivity index (χ3v) is 7.17. The first kappa shape index (κ1) is 21.5. The minimum atomic E-state index is -0.926. The summed E-state index contributed by atoms with van der Waals surface area (Å²) >= 11 is 13.5. The lowest BCUT2D eigenvalue weighted by Gasteiger charge is -2.35. The second-order valence-corrected chi connectivity index (χ2v) is 9.30. The lowest BCUT2D eigenvalue weighted by atomic mass is 10.1. The maximum absolute atomic E-state index is 13.2. The van der Waals surface area contributed by atoms with Crippen LogP contribution in [0.5, 0.6) is 0 Å². The summed E-state index contributed by atoms with van der Waals surface area (Å²) in [5, 5.41) is 11.2. The maximum atomic E-state index is 13.2. The second-order valence-electron chi connectivity index (χ2n) is 7.42. The predicted octanol–water partition coefficient (Wildman–Crippen LogP) is 4.18. The van der Waals surface area contributed by atoms with Crippen LogP contribution in [-0.2, 0) is 4.79 Å². The van der Waals surface area contributed by atoms with E-state index in [2.05, 4.69) is 22.9 Å². The van der Waals surface area contributed by atoms with Gasteiger partial charge in [-0.05, 0) is 43.0 Å². The molecule has 1 amide bonds. The summed E-state index contributed by atoms with van der Waals surface area (Å²) in [5.74, 6) is 0.138. The number of hydrogen-bond donors (Lipinski definition) is 1. The summed E-state index contributed by atoms with van der Waals surface area (Å²) in [6.07, 6.45) is 1.00. The molecule has 1 unspecified atom stereocenters. The Bertz CT molecular complexity index is 977. The Kier molecular flexibility index (Phi) is 6.60. The fourth-order valence-electron chi connectivity index (χ4n) is 3.67. The topological polar surface area (TPSA) is 47.0 Å². The molecule has 2 aliphatic heterocycles. The molecule has 2 heterocycles. The van der Waals surface area contributed by atoms with Crippen molar-refractivity contribution in [3.63, 3.8) is 0 Å². The van der Waals surface area contributed by atoms with Gasteiger partial charge >= 0.3 is 0 Å². The number of aliphatic hydroxyl groups excluding tert-OH is 1. The number of amides is 1. The normalized spacial score (nSPS) is 22.1. The minimum absolute atomic E-state index is 0.245. The summed E-state index contributed by atoms with van der Waals surface area (Å²) in [6, 6.07) is 13.1. The van der Waals surface area contributed by atoms with Crippen LogP contribution in [0.1, 0.15) is 5.56 Å². The van der Waals surface area contributed by atoms with Crippen LogP contribution in [0, 0.1) is 0 Å². The van der Waals surface area contributed by atoms with E-state index in [1.54, 1.807) is 18.2 Å². The summed E-state index contributed by atoms with van der Waals surface area (Å²) < 4.78 is 0. The van der Waals surface area contributed by atoms with Crippen molar-refractivity contribution in [2.24, 2.45) is 0 Å². The van der Waals surface area contributed by atoms with Gasteiger partial charge in [0.05, 0.1) is 15.0 Å². The molecule has 2 aromatic carbocycles. The first-order chi connectivity index (χ1) is 14.4. The highest BCUT2D eigenvalue weighted by atomic mass is 35.5. The Balaban J connectivity index is 1.64. The fraction of sp³-hybridized carbons (Fsp3) is 0.318. The van der Waals surface area contributed by atoms with E-state index in [1.165, 1.54) is 16.7 Å². The standard InChI is InChI=1S/C22H23Cl2N3O2S/c1-25-8-10-26(11-9-25)19-5-3-2-4-15(19)12-20-22(29)27(21(28)14-30-20)16-6-7-17(23)18(24)13-16/h2-7,12-13,21,28H,8-11,14H2,1H3. The van der Waals surface area contributed by atoms with Crippen LogP contribution in [-0.4, -0.2) is 61.1 Å². The molecule has 30 heavy (non-hydrogen) atoms. The molecule has 8 heteroatoms. The number of carbonyl (C=O) groups excluding carboxylic acids is 1. The van der Waals surface area contributed by atoms with Crippen LogP contribution >= 0.6 is 35.0 Å². The van der Waals surface area contributed by atoms with Gasteiger partial charge in [0.2, 0.25) is 0 Å². The number of carbonyl (C=O) groups is 1. The zero-order valence-corrected chi connectivity index (χ0v) is 18.9. The van der Waals surface area contributed by atoms with E-state index in [0.717, 1.165) is 37.4 Å². The molecule has 0 aromatic heterocycles. The zero-order chi connectivity index (χ0) is 21.3. The van der Waals surface area contributed by atoms with E-state index >= 15 is 0 Å². The zero-order valence-electron chi connectivity index (χ0n) is 16.6. The average Bonchev–Trinajstić information content (AvgIpc) is 2.74. The van der Waals surface area contributed by atoms with Crippen molar-refractivity contribution in [2.75, 3.05) is 48.8 Å². The SMILES string of the molecule is CN1CCN(c2ccccc2C=C2SCC(O)N(c3ccc(Cl)c(Cl)c3)C2=O)CC1. The van der Waals surface area contributed by atoms with E-state index in [9.17, 15) is 9.90 Å². The van der Waals surface area contributed by atoms with E-state index in [1.807, 2.05) is 24.3 Å². The molecule has 0 aliphatic carbocycles. The van der Waals surface area contributed by atoms with Crippen molar-refractivity contribution in [1.82, 2.24) is 4.90 Å². The Morgan fingerprint density at radius 3 is 2.53 bits per heavy atom. The van der Waals surface area contributed by atoms with E-state index < -0.39 is 6.23 Å². The second kappa shape index (κ2) is 9.20. The third-order valence-electron chi connectivity index (χ3n) is 5.36.